The molecule has 1 rings (SSSR count). The van der Waals surface area contributed by atoms with Crippen molar-refractivity contribution < 1.29 is 19.1 Å². The van der Waals surface area contributed by atoms with Crippen LogP contribution in [0.15, 0.2) is 24.3 Å². The number of nitrogens with one attached hydrogen (secondary N) is 2. The van der Waals surface area contributed by atoms with Crippen LogP contribution in [0.2, 0.25) is 0 Å². The van der Waals surface area contributed by atoms with E-state index in [4.69, 9.17) is 9.47 Å². The predicted octanol–water partition coefficient (Wildman–Crippen LogP) is 3.29. The molecule has 0 aromatic heterocycles. The van der Waals surface area contributed by atoms with Crippen molar-refractivity contribution in [2.24, 2.45) is 5.92 Å². The number of unbranched alkanes of at least 4 members (excludes halogenated alkanes) is 1. The fraction of sp³-hybridized carbons (Fsp3) is 0.600. The molecule has 0 fully saturated rings. The fourth-order valence-corrected chi connectivity index (χ4v) is 2.25. The maximum atomic E-state index is 12.0. The molecule has 26 heavy (non-hydrogen) atoms. The Labute approximate surface area is 156 Å². The van der Waals surface area contributed by atoms with Crippen molar-refractivity contribution in [2.45, 2.75) is 52.5 Å². The molecule has 0 spiro atoms. The second-order valence-electron chi connectivity index (χ2n) is 6.68. The second-order valence-corrected chi connectivity index (χ2v) is 6.68. The molecule has 0 unspecified atom stereocenters. The lowest BCUT2D eigenvalue weighted by Crippen LogP contribution is -2.47. The van der Waals surface area contributed by atoms with Gasteiger partial charge in [0.1, 0.15) is 11.8 Å². The molecule has 0 bridgehead atoms. The van der Waals surface area contributed by atoms with Crippen molar-refractivity contribution in [3.63, 3.8) is 0 Å². The van der Waals surface area contributed by atoms with Crippen LogP contribution in [0, 0.1) is 5.92 Å². The number of hydrogen-bond donors (Lipinski definition) is 2. The fourth-order valence-electron chi connectivity index (χ4n) is 2.25. The maximum absolute atomic E-state index is 12.0. The van der Waals surface area contributed by atoms with Gasteiger partial charge in [0, 0.05) is 13.5 Å². The first kappa shape index (κ1) is 21.8. The third kappa shape index (κ3) is 8.74. The summed E-state index contributed by atoms with van der Waals surface area (Å²) in [6.07, 6.45) is 2.56. The van der Waals surface area contributed by atoms with Crippen LogP contribution in [0.3, 0.4) is 0 Å². The maximum Gasteiger partial charge on any atom is 0.407 e. The van der Waals surface area contributed by atoms with E-state index in [0.29, 0.717) is 25.6 Å². The summed E-state index contributed by atoms with van der Waals surface area (Å²) in [6.45, 7) is 7.37. The molecule has 0 heterocycles. The highest BCUT2D eigenvalue weighted by Gasteiger charge is 2.20. The Morgan fingerprint density at radius 2 is 1.81 bits per heavy atom. The zero-order chi connectivity index (χ0) is 19.4. The first-order valence-electron chi connectivity index (χ1n) is 9.32. The number of likely N-dealkylation sites (N-methyl/N-ethyl adjacent to an activating group) is 1. The summed E-state index contributed by atoms with van der Waals surface area (Å²) >= 11 is 0. The first-order valence-corrected chi connectivity index (χ1v) is 9.32. The minimum absolute atomic E-state index is 0.255. The summed E-state index contributed by atoms with van der Waals surface area (Å²) < 4.78 is 10.8. The number of ether oxygens (including phenoxy) is 2. The highest BCUT2D eigenvalue weighted by molar-refractivity contribution is 5.85. The molecular formula is C20H32N2O4. The summed E-state index contributed by atoms with van der Waals surface area (Å²) in [6, 6.07) is 6.91. The highest BCUT2D eigenvalue weighted by atomic mass is 16.5. The Kier molecular flexibility index (Phi) is 10.2. The zero-order valence-electron chi connectivity index (χ0n) is 16.3. The van der Waals surface area contributed by atoms with Crippen LogP contribution in [-0.4, -0.2) is 38.3 Å². The minimum atomic E-state index is -0.679. The first-order chi connectivity index (χ1) is 12.5. The van der Waals surface area contributed by atoms with Gasteiger partial charge in [0.25, 0.3) is 0 Å². The summed E-state index contributed by atoms with van der Waals surface area (Å²) in [7, 11) is 1.55. The summed E-state index contributed by atoms with van der Waals surface area (Å²) in [5.41, 5.74) is 0.934. The average Bonchev–Trinajstić information content (AvgIpc) is 2.62. The van der Waals surface area contributed by atoms with Crippen molar-refractivity contribution in [3.05, 3.63) is 29.8 Å². The van der Waals surface area contributed by atoms with E-state index in [-0.39, 0.29) is 5.91 Å². The smallest absolute Gasteiger partial charge is 0.407 e. The monoisotopic (exact) mass is 364 g/mol. The topological polar surface area (TPSA) is 76.7 Å². The molecule has 1 aromatic rings. The van der Waals surface area contributed by atoms with Gasteiger partial charge in [0.05, 0.1) is 13.2 Å². The largest absolute Gasteiger partial charge is 0.494 e. The number of benzene rings is 1. The summed E-state index contributed by atoms with van der Waals surface area (Å²) in [4.78, 5) is 23.9. The Balaban J connectivity index is 2.58. The molecule has 0 saturated carbocycles. The van der Waals surface area contributed by atoms with Gasteiger partial charge in [-0.05, 0) is 36.5 Å². The third-order valence-corrected chi connectivity index (χ3v) is 3.91. The van der Waals surface area contributed by atoms with Crippen LogP contribution in [-0.2, 0) is 16.0 Å². The van der Waals surface area contributed by atoms with E-state index in [0.717, 1.165) is 30.6 Å². The molecular weight excluding hydrogens is 332 g/mol. The third-order valence-electron chi connectivity index (χ3n) is 3.91. The number of amides is 2. The highest BCUT2D eigenvalue weighted by Crippen LogP contribution is 2.15. The van der Waals surface area contributed by atoms with Crippen LogP contribution >= 0.6 is 0 Å². The summed E-state index contributed by atoms with van der Waals surface area (Å²) in [5, 5.41) is 5.21. The van der Waals surface area contributed by atoms with Crippen molar-refractivity contribution in [3.8, 4) is 5.75 Å². The van der Waals surface area contributed by atoms with E-state index in [1.807, 2.05) is 31.2 Å². The standard InChI is InChI=1S/C20H32N2O4/c1-5-6-12-26-20(24)22-18(19(23)21-4)14-16-7-9-17(10-8-16)25-13-11-15(2)3/h7-10,15,18H,5-6,11-14H2,1-4H3,(H,21,23)(H,22,24)/t18-/m0/s1. The van der Waals surface area contributed by atoms with Crippen LogP contribution in [0.25, 0.3) is 0 Å². The molecule has 0 aliphatic rings. The molecule has 0 saturated heterocycles. The van der Waals surface area contributed by atoms with E-state index < -0.39 is 12.1 Å². The van der Waals surface area contributed by atoms with E-state index in [9.17, 15) is 9.59 Å². The van der Waals surface area contributed by atoms with E-state index >= 15 is 0 Å². The molecule has 1 aromatic carbocycles. The lowest BCUT2D eigenvalue weighted by atomic mass is 10.1. The Hall–Kier alpha value is -2.24. The van der Waals surface area contributed by atoms with Crippen molar-refractivity contribution in [1.82, 2.24) is 10.6 Å². The second kappa shape index (κ2) is 12.2. The molecule has 0 radical (unpaired) electrons. The van der Waals surface area contributed by atoms with Gasteiger partial charge < -0.3 is 20.1 Å². The van der Waals surface area contributed by atoms with Crippen molar-refractivity contribution in [2.75, 3.05) is 20.3 Å². The van der Waals surface area contributed by atoms with E-state index in [1.165, 1.54) is 0 Å². The molecule has 6 nitrogen and oxygen atoms in total. The number of carbonyl (C=O) groups excluding carboxylic acids is 2. The normalized spacial score (nSPS) is 11.7. The van der Waals surface area contributed by atoms with Gasteiger partial charge in [-0.25, -0.2) is 4.79 Å². The van der Waals surface area contributed by atoms with Gasteiger partial charge in [-0.1, -0.05) is 39.3 Å². The number of alkyl carbamates (subject to hydrolysis) is 1. The quantitative estimate of drug-likeness (QED) is 0.591. The molecule has 1 atom stereocenters. The van der Waals surface area contributed by atoms with Gasteiger partial charge in [0.15, 0.2) is 0 Å². The minimum Gasteiger partial charge on any atom is -0.494 e. The van der Waals surface area contributed by atoms with Gasteiger partial charge in [-0.3, -0.25) is 4.79 Å². The van der Waals surface area contributed by atoms with Gasteiger partial charge in [0.2, 0.25) is 5.91 Å². The van der Waals surface area contributed by atoms with E-state index in [1.54, 1.807) is 7.05 Å². The van der Waals surface area contributed by atoms with Crippen LogP contribution in [0.5, 0.6) is 5.75 Å². The molecule has 0 aliphatic heterocycles. The van der Waals surface area contributed by atoms with Gasteiger partial charge >= 0.3 is 6.09 Å². The SMILES string of the molecule is CCCCOC(=O)N[C@@H](Cc1ccc(OCCC(C)C)cc1)C(=O)NC. The van der Waals surface area contributed by atoms with Crippen molar-refractivity contribution in [1.29, 1.82) is 0 Å². The van der Waals surface area contributed by atoms with Gasteiger partial charge in [-0.15, -0.1) is 0 Å². The Bertz CT molecular complexity index is 543. The molecule has 146 valence electrons. The molecule has 0 aliphatic carbocycles. The van der Waals surface area contributed by atoms with Gasteiger partial charge in [-0.2, -0.15) is 0 Å². The van der Waals surface area contributed by atoms with E-state index in [2.05, 4.69) is 24.5 Å². The Morgan fingerprint density at radius 3 is 2.38 bits per heavy atom. The average molecular weight is 364 g/mol. The molecule has 2 amide bonds. The lowest BCUT2D eigenvalue weighted by Gasteiger charge is -2.17. The Morgan fingerprint density at radius 1 is 1.12 bits per heavy atom. The zero-order valence-corrected chi connectivity index (χ0v) is 16.3. The number of hydrogen-bond acceptors (Lipinski definition) is 4. The van der Waals surface area contributed by atoms with Crippen LogP contribution < -0.4 is 15.4 Å². The van der Waals surface area contributed by atoms with Crippen molar-refractivity contribution >= 4 is 12.0 Å². The number of rotatable bonds is 11. The molecule has 2 N–H and O–H groups in total. The van der Waals surface area contributed by atoms with Crippen LogP contribution in [0.4, 0.5) is 4.79 Å². The molecule has 6 heteroatoms. The predicted molar refractivity (Wildman–Crippen MR) is 102 cm³/mol. The summed E-state index contributed by atoms with van der Waals surface area (Å²) in [5.74, 6) is 1.15. The van der Waals surface area contributed by atoms with Crippen LogP contribution in [0.1, 0.15) is 45.6 Å². The lowest BCUT2D eigenvalue weighted by molar-refractivity contribution is -0.122. The number of carbonyl (C=O) groups is 2.